The van der Waals surface area contributed by atoms with E-state index < -0.39 is 91.1 Å². The number of aryl methyl sites for hydroxylation is 1. The number of benzene rings is 2. The van der Waals surface area contributed by atoms with Crippen LogP contribution < -0.4 is 4.74 Å². The maximum Gasteiger partial charge on any atom is 0.229 e. The number of phenols is 2. The Balaban J connectivity index is 1.35. The standard InChI is InChI=1S/C27H30O14/c1-8-3-11-16(13(29)4-8)20(33)17-12(18(11)31)5-10(6-14(17)30)39-26-24(37)22(35)25(9(2)38-26)41-27-23(36)21(34)19(32)15(7-28)40-27/h3-6,9,15,19,21-30,32,34-37H,7H2,1-2H3/t9-,15+,19+,21-,22-,23+,24+,25-,26-,27-/m0/s1. The minimum Gasteiger partial charge on any atom is -0.507 e. The van der Waals surface area contributed by atoms with E-state index in [1.165, 1.54) is 25.1 Å². The molecule has 8 N–H and O–H groups in total. The minimum atomic E-state index is -1.78. The van der Waals surface area contributed by atoms with E-state index in [-0.39, 0.29) is 28.0 Å². The first-order chi connectivity index (χ1) is 19.3. The predicted octanol–water partition coefficient (Wildman–Crippen LogP) is -1.79. The molecule has 222 valence electrons. The molecule has 14 nitrogen and oxygen atoms in total. The summed E-state index contributed by atoms with van der Waals surface area (Å²) < 4.78 is 22.2. The smallest absolute Gasteiger partial charge is 0.229 e. The molecule has 10 atom stereocenters. The third-order valence-electron chi connectivity index (χ3n) is 7.47. The van der Waals surface area contributed by atoms with E-state index in [2.05, 4.69) is 0 Å². The molecule has 2 aromatic carbocycles. The van der Waals surface area contributed by atoms with Gasteiger partial charge in [0.15, 0.2) is 12.1 Å². The molecule has 0 aromatic heterocycles. The zero-order valence-electron chi connectivity index (χ0n) is 21.8. The third-order valence-corrected chi connectivity index (χ3v) is 7.47. The second kappa shape index (κ2) is 10.9. The van der Waals surface area contributed by atoms with Gasteiger partial charge in [-0.25, -0.2) is 0 Å². The number of hydrogen-bond donors (Lipinski definition) is 8. The van der Waals surface area contributed by atoms with Crippen LogP contribution in [0.15, 0.2) is 24.3 Å². The van der Waals surface area contributed by atoms with E-state index in [0.29, 0.717) is 5.56 Å². The number of fused-ring (bicyclic) bond motifs is 2. The summed E-state index contributed by atoms with van der Waals surface area (Å²) >= 11 is 0. The molecule has 3 aliphatic rings. The van der Waals surface area contributed by atoms with Gasteiger partial charge in [-0.1, -0.05) is 0 Å². The highest BCUT2D eigenvalue weighted by Crippen LogP contribution is 2.40. The zero-order valence-corrected chi connectivity index (χ0v) is 21.8. The highest BCUT2D eigenvalue weighted by Gasteiger charge is 2.50. The van der Waals surface area contributed by atoms with E-state index in [9.17, 15) is 50.4 Å². The maximum atomic E-state index is 13.2. The Hall–Kier alpha value is -3.18. The quantitative estimate of drug-likeness (QED) is 0.167. The van der Waals surface area contributed by atoms with E-state index in [1.807, 2.05) is 0 Å². The normalized spacial score (nSPS) is 35.1. The average molecular weight is 579 g/mol. The van der Waals surface area contributed by atoms with Crippen molar-refractivity contribution in [1.82, 2.24) is 0 Å². The maximum absolute atomic E-state index is 13.2. The summed E-state index contributed by atoms with van der Waals surface area (Å²) in [7, 11) is 0. The van der Waals surface area contributed by atoms with Gasteiger partial charge in [-0.05, 0) is 37.6 Å². The van der Waals surface area contributed by atoms with Crippen molar-refractivity contribution in [2.75, 3.05) is 6.61 Å². The van der Waals surface area contributed by atoms with Gasteiger partial charge in [0.25, 0.3) is 0 Å². The highest BCUT2D eigenvalue weighted by atomic mass is 16.7. The molecule has 1 aliphatic carbocycles. The summed E-state index contributed by atoms with van der Waals surface area (Å²) in [6.07, 6.45) is -15.4. The molecule has 5 rings (SSSR count). The molecule has 2 fully saturated rings. The van der Waals surface area contributed by atoms with Crippen molar-refractivity contribution in [2.24, 2.45) is 0 Å². The Labute approximate surface area is 232 Å². The Morgan fingerprint density at radius 2 is 1.37 bits per heavy atom. The molecule has 0 radical (unpaired) electrons. The molecule has 2 saturated heterocycles. The van der Waals surface area contributed by atoms with E-state index >= 15 is 0 Å². The highest BCUT2D eigenvalue weighted by molar-refractivity contribution is 6.30. The van der Waals surface area contributed by atoms with Crippen LogP contribution in [0.2, 0.25) is 0 Å². The van der Waals surface area contributed by atoms with Gasteiger partial charge < -0.3 is 59.8 Å². The lowest BCUT2D eigenvalue weighted by molar-refractivity contribution is -0.348. The Kier molecular flexibility index (Phi) is 7.80. The number of phenolic OH excluding ortho intramolecular Hbond substituents is 2. The topological polar surface area (TPSA) is 233 Å². The number of ether oxygens (including phenoxy) is 4. The molecule has 0 saturated carbocycles. The van der Waals surface area contributed by atoms with Crippen LogP contribution in [-0.4, -0.2) is 120 Å². The lowest BCUT2D eigenvalue weighted by Gasteiger charge is -2.45. The van der Waals surface area contributed by atoms with Crippen LogP contribution in [0.5, 0.6) is 17.2 Å². The summed E-state index contributed by atoms with van der Waals surface area (Å²) in [5, 5.41) is 82.0. The van der Waals surface area contributed by atoms with Crippen molar-refractivity contribution in [3.8, 4) is 17.2 Å². The molecule has 2 heterocycles. The monoisotopic (exact) mass is 578 g/mol. The first-order valence-corrected chi connectivity index (χ1v) is 12.8. The summed E-state index contributed by atoms with van der Waals surface area (Å²) in [6.45, 7) is 2.38. The van der Waals surface area contributed by atoms with Gasteiger partial charge in [0.2, 0.25) is 12.1 Å². The summed E-state index contributed by atoms with van der Waals surface area (Å²) in [5.41, 5.74) is -0.288. The molecule has 14 heteroatoms. The summed E-state index contributed by atoms with van der Waals surface area (Å²) in [6, 6.07) is 4.95. The lowest BCUT2D eigenvalue weighted by Crippen LogP contribution is -2.64. The molecular weight excluding hydrogens is 548 g/mol. The summed E-state index contributed by atoms with van der Waals surface area (Å²) in [4.78, 5) is 26.3. The fourth-order valence-electron chi connectivity index (χ4n) is 5.30. The van der Waals surface area contributed by atoms with Crippen molar-refractivity contribution >= 4 is 11.6 Å². The van der Waals surface area contributed by atoms with Crippen molar-refractivity contribution in [1.29, 1.82) is 0 Å². The van der Waals surface area contributed by atoms with E-state index in [1.54, 1.807) is 6.92 Å². The van der Waals surface area contributed by atoms with Crippen LogP contribution >= 0.6 is 0 Å². The Morgan fingerprint density at radius 3 is 2.02 bits per heavy atom. The third kappa shape index (κ3) is 4.97. The van der Waals surface area contributed by atoms with Gasteiger partial charge in [0, 0.05) is 17.2 Å². The molecule has 41 heavy (non-hydrogen) atoms. The number of rotatable bonds is 5. The van der Waals surface area contributed by atoms with Crippen molar-refractivity contribution < 1.29 is 69.4 Å². The fraction of sp³-hybridized carbons (Fsp3) is 0.481. The van der Waals surface area contributed by atoms with Gasteiger partial charge in [-0.15, -0.1) is 0 Å². The fourth-order valence-corrected chi connectivity index (χ4v) is 5.30. The minimum absolute atomic E-state index is 0.0530. The Bertz CT molecular complexity index is 1360. The Morgan fingerprint density at radius 1 is 0.756 bits per heavy atom. The van der Waals surface area contributed by atoms with Crippen molar-refractivity contribution in [3.63, 3.8) is 0 Å². The molecule has 0 bridgehead atoms. The van der Waals surface area contributed by atoms with Crippen LogP contribution in [0.1, 0.15) is 44.3 Å². The largest absolute Gasteiger partial charge is 0.507 e. The van der Waals surface area contributed by atoms with Gasteiger partial charge in [0.05, 0.1) is 23.8 Å². The van der Waals surface area contributed by atoms with Crippen LogP contribution in [0.25, 0.3) is 0 Å². The number of aliphatic hydroxyl groups excluding tert-OH is 6. The molecule has 2 aromatic rings. The lowest BCUT2D eigenvalue weighted by atomic mass is 9.82. The average Bonchev–Trinajstić information content (AvgIpc) is 2.91. The number of carbonyl (C=O) groups is 2. The number of aromatic hydroxyl groups is 2. The second-order valence-corrected chi connectivity index (χ2v) is 10.3. The van der Waals surface area contributed by atoms with Gasteiger partial charge in [0.1, 0.15) is 60.0 Å². The summed E-state index contributed by atoms with van der Waals surface area (Å²) in [5.74, 6) is -2.61. The van der Waals surface area contributed by atoms with Crippen LogP contribution in [0, 0.1) is 6.92 Å². The number of carbonyl (C=O) groups excluding carboxylic acids is 2. The van der Waals surface area contributed by atoms with Crippen molar-refractivity contribution in [3.05, 3.63) is 52.1 Å². The van der Waals surface area contributed by atoms with Crippen LogP contribution in [0.4, 0.5) is 0 Å². The van der Waals surface area contributed by atoms with Gasteiger partial charge >= 0.3 is 0 Å². The van der Waals surface area contributed by atoms with Gasteiger partial charge in [-0.2, -0.15) is 0 Å². The van der Waals surface area contributed by atoms with Crippen LogP contribution in [0.3, 0.4) is 0 Å². The van der Waals surface area contributed by atoms with Gasteiger partial charge in [-0.3, -0.25) is 9.59 Å². The van der Waals surface area contributed by atoms with Crippen molar-refractivity contribution in [2.45, 2.75) is 75.3 Å². The van der Waals surface area contributed by atoms with E-state index in [4.69, 9.17) is 18.9 Å². The SMILES string of the molecule is Cc1cc(O)c2c(c1)C(=O)c1cc(O[C@@H]3O[C@@H](C)[C@H](O[C@@H]4O[C@H](CO)[C@@H](O)[C@H](O)[C@H]4O)[C@@H](O)[C@H]3O)cc(O)c1C2=O. The first-order valence-electron chi connectivity index (χ1n) is 12.8. The molecule has 0 spiro atoms. The molecule has 0 unspecified atom stereocenters. The zero-order chi connectivity index (χ0) is 29.9. The molecule has 2 aliphatic heterocycles. The first kappa shape index (κ1) is 29.3. The van der Waals surface area contributed by atoms with E-state index in [0.717, 1.165) is 6.07 Å². The van der Waals surface area contributed by atoms with Crippen LogP contribution in [-0.2, 0) is 14.2 Å². The molecule has 0 amide bonds. The second-order valence-electron chi connectivity index (χ2n) is 10.3. The predicted molar refractivity (Wildman–Crippen MR) is 133 cm³/mol. The number of ketones is 2. The molecular formula is C27H30O14. The number of hydrogen-bond acceptors (Lipinski definition) is 14. The number of aliphatic hydroxyl groups is 6.